The van der Waals surface area contributed by atoms with Gasteiger partial charge in [-0.15, -0.1) is 0 Å². The maximum absolute atomic E-state index is 13.4. The third-order valence-electron chi connectivity index (χ3n) is 5.69. The average molecular weight is 449 g/mol. The molecule has 0 radical (unpaired) electrons. The van der Waals surface area contributed by atoms with Gasteiger partial charge in [-0.05, 0) is 25.1 Å². The van der Waals surface area contributed by atoms with E-state index in [4.69, 9.17) is 9.40 Å². The Hall–Kier alpha value is -3.56. The Labute approximate surface area is 191 Å². The third kappa shape index (κ3) is 5.10. The quantitative estimate of drug-likeness (QED) is 0.383. The van der Waals surface area contributed by atoms with Crippen LogP contribution in [0.4, 0.5) is 0 Å². The summed E-state index contributed by atoms with van der Waals surface area (Å²) in [4.78, 5) is 38.4. The molecular weight excluding hydrogens is 420 g/mol. The van der Waals surface area contributed by atoms with Gasteiger partial charge < -0.3 is 14.7 Å². The maximum atomic E-state index is 13.4. The van der Waals surface area contributed by atoms with E-state index in [1.165, 1.54) is 6.26 Å². The van der Waals surface area contributed by atoms with Crippen molar-refractivity contribution < 1.29 is 4.42 Å². The van der Waals surface area contributed by atoms with Crippen LogP contribution in [0.15, 0.2) is 69.1 Å². The van der Waals surface area contributed by atoms with Crippen molar-refractivity contribution in [1.82, 2.24) is 29.7 Å². The van der Waals surface area contributed by atoms with E-state index >= 15 is 0 Å². The molecule has 0 saturated carbocycles. The normalized spacial score (nSPS) is 12.5. The molecule has 3 aromatic heterocycles. The van der Waals surface area contributed by atoms with Crippen molar-refractivity contribution in [2.45, 2.75) is 32.5 Å². The minimum Gasteiger partial charge on any atom is -0.446 e. The number of hydrogen-bond donors (Lipinski definition) is 2. The smallest absolute Gasteiger partial charge is 0.344 e. The first-order chi connectivity index (χ1) is 16.1. The summed E-state index contributed by atoms with van der Waals surface area (Å²) in [6.45, 7) is 4.50. The lowest BCUT2D eigenvalue weighted by atomic mass is 10.1. The number of aromatic nitrogens is 4. The summed E-state index contributed by atoms with van der Waals surface area (Å²) in [5, 5.41) is 3.66. The van der Waals surface area contributed by atoms with Crippen molar-refractivity contribution >= 4 is 11.1 Å². The van der Waals surface area contributed by atoms with Gasteiger partial charge in [0.2, 0.25) is 5.71 Å². The number of nitrogens with one attached hydrogen (secondary N) is 2. The third-order valence-corrected chi connectivity index (χ3v) is 5.69. The van der Waals surface area contributed by atoms with E-state index in [0.29, 0.717) is 36.6 Å². The molecule has 0 aliphatic rings. The van der Waals surface area contributed by atoms with E-state index in [1.54, 1.807) is 23.0 Å². The van der Waals surface area contributed by atoms with E-state index in [9.17, 15) is 9.59 Å². The average Bonchev–Trinajstić information content (AvgIpc) is 3.31. The molecule has 0 saturated heterocycles. The molecule has 4 rings (SSSR count). The summed E-state index contributed by atoms with van der Waals surface area (Å²) in [6, 6.07) is 11.4. The minimum atomic E-state index is -0.380. The first-order valence-electron chi connectivity index (χ1n) is 11.0. The van der Waals surface area contributed by atoms with Crippen LogP contribution < -0.4 is 16.6 Å². The fourth-order valence-corrected chi connectivity index (χ4v) is 4.03. The van der Waals surface area contributed by atoms with Gasteiger partial charge in [0, 0.05) is 37.6 Å². The van der Waals surface area contributed by atoms with Crippen molar-refractivity contribution in [2.75, 3.05) is 20.1 Å². The summed E-state index contributed by atoms with van der Waals surface area (Å²) < 4.78 is 7.28. The zero-order chi connectivity index (χ0) is 23.2. The molecule has 2 N–H and O–H groups in total. The SMILES string of the molecule is CCC(c1nc2occc2c(=O)n1Cc1ccccc1)N(CCNC)Cc1cnc(=O)[nH]c1. The topological polar surface area (TPSA) is 109 Å². The molecule has 0 spiro atoms. The van der Waals surface area contributed by atoms with Gasteiger partial charge in [0.15, 0.2) is 0 Å². The van der Waals surface area contributed by atoms with Crippen LogP contribution in [0.3, 0.4) is 0 Å². The molecule has 172 valence electrons. The number of aromatic amines is 1. The lowest BCUT2D eigenvalue weighted by Crippen LogP contribution is -2.38. The summed E-state index contributed by atoms with van der Waals surface area (Å²) in [7, 11) is 1.90. The van der Waals surface area contributed by atoms with Crippen LogP contribution in [0.1, 0.15) is 36.3 Å². The van der Waals surface area contributed by atoms with E-state index in [2.05, 4.69) is 27.1 Å². The van der Waals surface area contributed by atoms with Gasteiger partial charge in [0.1, 0.15) is 11.2 Å². The van der Waals surface area contributed by atoms with Crippen LogP contribution in [-0.4, -0.2) is 44.6 Å². The molecular formula is C24H28N6O3. The molecule has 1 unspecified atom stereocenters. The molecule has 0 aliphatic heterocycles. The molecule has 3 heterocycles. The van der Waals surface area contributed by atoms with Gasteiger partial charge in [-0.3, -0.25) is 14.3 Å². The van der Waals surface area contributed by atoms with E-state index in [-0.39, 0.29) is 17.3 Å². The van der Waals surface area contributed by atoms with Gasteiger partial charge in [-0.2, -0.15) is 4.98 Å². The fraction of sp³-hybridized carbons (Fsp3) is 0.333. The van der Waals surface area contributed by atoms with Gasteiger partial charge in [0.25, 0.3) is 5.56 Å². The lowest BCUT2D eigenvalue weighted by Gasteiger charge is -2.32. The number of likely N-dealkylation sites (N-methyl/N-ethyl adjacent to an activating group) is 1. The van der Waals surface area contributed by atoms with Crippen molar-refractivity contribution in [3.05, 3.63) is 92.8 Å². The predicted molar refractivity (Wildman–Crippen MR) is 126 cm³/mol. The highest BCUT2D eigenvalue weighted by molar-refractivity contribution is 5.71. The predicted octanol–water partition coefficient (Wildman–Crippen LogP) is 2.29. The number of nitrogens with zero attached hydrogens (tertiary/aromatic N) is 4. The fourth-order valence-electron chi connectivity index (χ4n) is 4.03. The van der Waals surface area contributed by atoms with Crippen LogP contribution in [0, 0.1) is 0 Å². The second-order valence-corrected chi connectivity index (χ2v) is 7.91. The van der Waals surface area contributed by atoms with Crippen LogP contribution in [0.5, 0.6) is 0 Å². The van der Waals surface area contributed by atoms with Gasteiger partial charge in [-0.25, -0.2) is 9.78 Å². The Kier molecular flexibility index (Phi) is 7.11. The zero-order valence-electron chi connectivity index (χ0n) is 18.8. The molecule has 33 heavy (non-hydrogen) atoms. The molecule has 0 bridgehead atoms. The monoisotopic (exact) mass is 448 g/mol. The second-order valence-electron chi connectivity index (χ2n) is 7.91. The maximum Gasteiger partial charge on any atom is 0.344 e. The molecule has 9 nitrogen and oxygen atoms in total. The van der Waals surface area contributed by atoms with Gasteiger partial charge in [-0.1, -0.05) is 37.3 Å². The molecule has 1 aromatic carbocycles. The van der Waals surface area contributed by atoms with E-state index < -0.39 is 0 Å². The highest BCUT2D eigenvalue weighted by Gasteiger charge is 2.26. The largest absolute Gasteiger partial charge is 0.446 e. The highest BCUT2D eigenvalue weighted by Crippen LogP contribution is 2.26. The summed E-state index contributed by atoms with van der Waals surface area (Å²) in [6.07, 6.45) is 5.49. The van der Waals surface area contributed by atoms with Crippen LogP contribution in [-0.2, 0) is 13.1 Å². The molecule has 0 fully saturated rings. The second kappa shape index (κ2) is 10.4. The van der Waals surface area contributed by atoms with Crippen LogP contribution in [0.2, 0.25) is 0 Å². The van der Waals surface area contributed by atoms with Crippen molar-refractivity contribution in [1.29, 1.82) is 0 Å². The standard InChI is InChI=1S/C24H28N6O3/c1-3-20(29(11-10-25-2)15-18-13-26-24(32)27-14-18)21-28-22-19(9-12-33-22)23(31)30(21)16-17-7-5-4-6-8-17/h4-9,12-14,20,25H,3,10-11,15-16H2,1-2H3,(H,26,27,32). The Bertz CT molecular complexity index is 1290. The molecule has 1 atom stereocenters. The Balaban J connectivity index is 1.79. The number of benzene rings is 1. The Morgan fingerprint density at radius 1 is 1.18 bits per heavy atom. The number of H-pyrrole nitrogens is 1. The molecule has 4 aromatic rings. The Morgan fingerprint density at radius 3 is 2.70 bits per heavy atom. The molecule has 9 heteroatoms. The minimum absolute atomic E-state index is 0.120. The highest BCUT2D eigenvalue weighted by atomic mass is 16.3. The summed E-state index contributed by atoms with van der Waals surface area (Å²) in [5.74, 6) is 0.655. The molecule has 0 amide bonds. The Morgan fingerprint density at radius 2 is 2.00 bits per heavy atom. The van der Waals surface area contributed by atoms with Gasteiger partial charge in [0.05, 0.1) is 18.8 Å². The number of rotatable bonds is 10. The lowest BCUT2D eigenvalue weighted by molar-refractivity contribution is 0.172. The van der Waals surface area contributed by atoms with E-state index in [1.807, 2.05) is 37.4 Å². The molecule has 0 aliphatic carbocycles. The first-order valence-corrected chi connectivity index (χ1v) is 11.0. The number of hydrogen-bond acceptors (Lipinski definition) is 7. The first kappa shape index (κ1) is 22.6. The number of furan rings is 1. The summed E-state index contributed by atoms with van der Waals surface area (Å²) >= 11 is 0. The summed E-state index contributed by atoms with van der Waals surface area (Å²) in [5.41, 5.74) is 1.74. The van der Waals surface area contributed by atoms with E-state index in [0.717, 1.165) is 24.1 Å². The zero-order valence-corrected chi connectivity index (χ0v) is 18.8. The van der Waals surface area contributed by atoms with Crippen molar-refractivity contribution in [3.8, 4) is 0 Å². The van der Waals surface area contributed by atoms with Crippen LogP contribution in [0.25, 0.3) is 11.1 Å². The van der Waals surface area contributed by atoms with Crippen molar-refractivity contribution in [2.24, 2.45) is 0 Å². The van der Waals surface area contributed by atoms with Crippen LogP contribution >= 0.6 is 0 Å². The van der Waals surface area contributed by atoms with Crippen molar-refractivity contribution in [3.63, 3.8) is 0 Å². The number of fused-ring (bicyclic) bond motifs is 1. The van der Waals surface area contributed by atoms with Gasteiger partial charge >= 0.3 is 5.69 Å².